The summed E-state index contributed by atoms with van der Waals surface area (Å²) in [4.78, 5) is 11.6. The van der Waals surface area contributed by atoms with Gasteiger partial charge in [-0.05, 0) is 24.8 Å². The molecule has 0 aliphatic rings. The van der Waals surface area contributed by atoms with Crippen molar-refractivity contribution in [1.29, 1.82) is 0 Å². The van der Waals surface area contributed by atoms with E-state index in [1.165, 1.54) is 5.56 Å². The van der Waals surface area contributed by atoms with E-state index in [0.29, 0.717) is 18.9 Å². The van der Waals surface area contributed by atoms with Gasteiger partial charge in [-0.3, -0.25) is 0 Å². The number of ether oxygens (including phenoxy) is 1. The number of carboxylic acids is 1. The molecular weight excluding hydrogens is 242 g/mol. The van der Waals surface area contributed by atoms with E-state index in [1.54, 1.807) is 23.9 Å². The van der Waals surface area contributed by atoms with Crippen LogP contribution in [0.5, 0.6) is 0 Å². The van der Waals surface area contributed by atoms with Crippen LogP contribution in [0.2, 0.25) is 0 Å². The van der Waals surface area contributed by atoms with Crippen molar-refractivity contribution < 1.29 is 19.2 Å². The van der Waals surface area contributed by atoms with E-state index in [2.05, 4.69) is 13.8 Å². The number of pyridine rings is 1. The number of aromatic nitrogens is 1. The van der Waals surface area contributed by atoms with Gasteiger partial charge in [0.25, 0.3) is 0 Å². The highest BCUT2D eigenvalue weighted by atomic mass is 16.5. The molecule has 0 saturated carbocycles. The molecule has 4 heteroatoms. The molecule has 2 unspecified atom stereocenters. The fourth-order valence-corrected chi connectivity index (χ4v) is 2.16. The number of nitrogens with zero attached hydrogens (tertiary/aromatic N) is 1. The maximum Gasteiger partial charge on any atom is 0.407 e. The van der Waals surface area contributed by atoms with Gasteiger partial charge in [0.05, 0.1) is 6.61 Å². The molecule has 4 nitrogen and oxygen atoms in total. The summed E-state index contributed by atoms with van der Waals surface area (Å²) in [6.07, 6.45) is 5.04. The Morgan fingerprint density at radius 3 is 2.32 bits per heavy atom. The molecule has 1 N–H and O–H groups in total. The molecule has 0 amide bonds. The summed E-state index contributed by atoms with van der Waals surface area (Å²) in [6.45, 7) is 8.28. The van der Waals surface area contributed by atoms with Gasteiger partial charge < -0.3 is 9.84 Å². The van der Waals surface area contributed by atoms with Crippen LogP contribution in [0.1, 0.15) is 52.0 Å². The fourth-order valence-electron chi connectivity index (χ4n) is 2.16. The van der Waals surface area contributed by atoms with E-state index in [-0.39, 0.29) is 0 Å². The van der Waals surface area contributed by atoms with Crippen LogP contribution in [0.15, 0.2) is 24.5 Å². The lowest BCUT2D eigenvalue weighted by Crippen LogP contribution is -2.62. The summed E-state index contributed by atoms with van der Waals surface area (Å²) in [5.74, 6) is -0.485. The molecular formula is C15H24NO3+. The van der Waals surface area contributed by atoms with Crippen LogP contribution in [0.3, 0.4) is 0 Å². The largest absolute Gasteiger partial charge is 0.474 e. The average molecular weight is 266 g/mol. The second-order valence-corrected chi connectivity index (χ2v) is 4.72. The van der Waals surface area contributed by atoms with Crippen molar-refractivity contribution in [3.8, 4) is 0 Å². The lowest BCUT2D eigenvalue weighted by molar-refractivity contribution is -0.794. The number of aliphatic carboxylic acids is 1. The van der Waals surface area contributed by atoms with E-state index >= 15 is 0 Å². The lowest BCUT2D eigenvalue weighted by atomic mass is 10.00. The van der Waals surface area contributed by atoms with Gasteiger partial charge in [-0.25, -0.2) is 4.79 Å². The SMILES string of the molecule is CCOC(CC)(C(=O)O)[n+]1ccc(C(C)CC)cc1. The minimum Gasteiger partial charge on any atom is -0.474 e. The molecule has 1 aromatic rings. The van der Waals surface area contributed by atoms with E-state index in [4.69, 9.17) is 4.74 Å². The van der Waals surface area contributed by atoms with Gasteiger partial charge in [0.2, 0.25) is 0 Å². The third kappa shape index (κ3) is 3.13. The fraction of sp³-hybridized carbons (Fsp3) is 0.600. The lowest BCUT2D eigenvalue weighted by Gasteiger charge is -2.22. The van der Waals surface area contributed by atoms with Crippen molar-refractivity contribution in [2.75, 3.05) is 6.61 Å². The maximum atomic E-state index is 11.6. The summed E-state index contributed by atoms with van der Waals surface area (Å²) < 4.78 is 7.16. The Kier molecular flexibility index (Phi) is 5.48. The van der Waals surface area contributed by atoms with Crippen LogP contribution in [0.25, 0.3) is 0 Å². The topological polar surface area (TPSA) is 50.4 Å². The molecule has 1 heterocycles. The standard InChI is InChI=1S/C15H23NO3/c1-5-12(4)13-8-10-16(11-9-13)15(6-2,14(17)18)19-7-3/h8-12H,5-7H2,1-4H3/p+1. The highest BCUT2D eigenvalue weighted by molar-refractivity contribution is 5.72. The molecule has 1 rings (SSSR count). The number of hydrogen-bond donors (Lipinski definition) is 1. The Balaban J connectivity index is 3.14. The third-order valence-electron chi connectivity index (χ3n) is 3.65. The molecule has 0 saturated heterocycles. The van der Waals surface area contributed by atoms with Gasteiger partial charge in [-0.1, -0.05) is 20.8 Å². The van der Waals surface area contributed by atoms with Gasteiger partial charge >= 0.3 is 11.7 Å². The van der Waals surface area contributed by atoms with E-state index in [9.17, 15) is 9.90 Å². The Labute approximate surface area is 115 Å². The molecule has 0 aromatic carbocycles. The van der Waals surface area contributed by atoms with Crippen molar-refractivity contribution in [2.45, 2.75) is 52.2 Å². The quantitative estimate of drug-likeness (QED) is 0.772. The second-order valence-electron chi connectivity index (χ2n) is 4.72. The molecule has 0 spiro atoms. The summed E-state index contributed by atoms with van der Waals surface area (Å²) in [6, 6.07) is 3.95. The first-order valence-electron chi connectivity index (χ1n) is 6.90. The molecule has 2 atom stereocenters. The highest BCUT2D eigenvalue weighted by Crippen LogP contribution is 2.19. The van der Waals surface area contributed by atoms with Crippen LogP contribution >= 0.6 is 0 Å². The maximum absolute atomic E-state index is 11.6. The normalized spacial score (nSPS) is 15.8. The first-order chi connectivity index (χ1) is 9.01. The van der Waals surface area contributed by atoms with Crippen LogP contribution in [0.4, 0.5) is 0 Å². The van der Waals surface area contributed by atoms with Crippen LogP contribution < -0.4 is 4.57 Å². The molecule has 0 radical (unpaired) electrons. The van der Waals surface area contributed by atoms with Crippen molar-refractivity contribution in [1.82, 2.24) is 0 Å². The summed E-state index contributed by atoms with van der Waals surface area (Å²) in [7, 11) is 0. The number of rotatable bonds is 7. The van der Waals surface area contributed by atoms with Crippen LogP contribution in [-0.4, -0.2) is 17.7 Å². The monoisotopic (exact) mass is 266 g/mol. The van der Waals surface area contributed by atoms with E-state index in [1.807, 2.05) is 19.1 Å². The zero-order valence-corrected chi connectivity index (χ0v) is 12.2. The molecule has 0 aliphatic carbocycles. The minimum atomic E-state index is -1.30. The molecule has 0 aliphatic heterocycles. The molecule has 19 heavy (non-hydrogen) atoms. The van der Waals surface area contributed by atoms with Crippen molar-refractivity contribution in [2.24, 2.45) is 0 Å². The van der Waals surface area contributed by atoms with Crippen molar-refractivity contribution in [3.05, 3.63) is 30.1 Å². The Hall–Kier alpha value is -1.42. The summed E-state index contributed by atoms with van der Waals surface area (Å²) >= 11 is 0. The van der Waals surface area contributed by atoms with Gasteiger partial charge in [0.1, 0.15) is 0 Å². The molecule has 1 aromatic heterocycles. The number of carboxylic acid groups (broad SMARTS) is 1. The van der Waals surface area contributed by atoms with E-state index < -0.39 is 11.7 Å². The van der Waals surface area contributed by atoms with Gasteiger partial charge in [0, 0.05) is 18.6 Å². The first-order valence-corrected chi connectivity index (χ1v) is 6.90. The Morgan fingerprint density at radius 1 is 1.37 bits per heavy atom. The zero-order chi connectivity index (χ0) is 14.5. The number of hydrogen-bond acceptors (Lipinski definition) is 2. The summed E-state index contributed by atoms with van der Waals surface area (Å²) in [5, 5.41) is 9.49. The number of carbonyl (C=O) groups is 1. The van der Waals surface area contributed by atoms with Crippen LogP contribution in [0, 0.1) is 0 Å². The van der Waals surface area contributed by atoms with Crippen LogP contribution in [-0.2, 0) is 15.3 Å². The highest BCUT2D eigenvalue weighted by Gasteiger charge is 2.48. The van der Waals surface area contributed by atoms with Crippen molar-refractivity contribution in [3.63, 3.8) is 0 Å². The van der Waals surface area contributed by atoms with E-state index in [0.717, 1.165) is 6.42 Å². The molecule has 106 valence electrons. The second kappa shape index (κ2) is 6.66. The van der Waals surface area contributed by atoms with Gasteiger partial charge in [-0.2, -0.15) is 4.57 Å². The predicted octanol–water partition coefficient (Wildman–Crippen LogP) is 2.67. The zero-order valence-electron chi connectivity index (χ0n) is 12.2. The minimum absolute atomic E-state index is 0.361. The predicted molar refractivity (Wildman–Crippen MR) is 72.9 cm³/mol. The Bertz CT molecular complexity index is 416. The molecule has 0 bridgehead atoms. The Morgan fingerprint density at radius 2 is 1.95 bits per heavy atom. The first kappa shape index (κ1) is 15.6. The van der Waals surface area contributed by atoms with Gasteiger partial charge in [-0.15, -0.1) is 0 Å². The molecule has 0 fully saturated rings. The van der Waals surface area contributed by atoms with Gasteiger partial charge in [0.15, 0.2) is 12.4 Å². The third-order valence-corrected chi connectivity index (χ3v) is 3.65. The average Bonchev–Trinajstić information content (AvgIpc) is 2.44. The van der Waals surface area contributed by atoms with Crippen molar-refractivity contribution >= 4 is 5.97 Å². The smallest absolute Gasteiger partial charge is 0.407 e. The summed E-state index contributed by atoms with van der Waals surface area (Å²) in [5.41, 5.74) is -0.0893.